The first-order valence-corrected chi connectivity index (χ1v) is 5.86. The summed E-state index contributed by atoms with van der Waals surface area (Å²) in [5, 5.41) is 10.1. The second-order valence-corrected chi connectivity index (χ2v) is 3.84. The number of carbonyl (C=O) groups excluding carboxylic acids is 3. The zero-order chi connectivity index (χ0) is 15.8. The van der Waals surface area contributed by atoms with Crippen LogP contribution in [0.25, 0.3) is 0 Å². The number of amides is 1. The van der Waals surface area contributed by atoms with Crippen LogP contribution in [-0.4, -0.2) is 46.6 Å². The lowest BCUT2D eigenvalue weighted by Gasteiger charge is -2.05. The molecule has 1 amide bonds. The van der Waals surface area contributed by atoms with Gasteiger partial charge < -0.3 is 16.2 Å². The fourth-order valence-corrected chi connectivity index (χ4v) is 1.37. The van der Waals surface area contributed by atoms with E-state index >= 15 is 0 Å². The van der Waals surface area contributed by atoms with E-state index in [1.807, 2.05) is 0 Å². The lowest BCUT2D eigenvalue weighted by Crippen LogP contribution is -2.34. The number of carboxylic acids is 1. The van der Waals surface area contributed by atoms with Gasteiger partial charge in [-0.15, -0.1) is 0 Å². The maximum Gasteiger partial charge on any atom is 0.322 e. The van der Waals surface area contributed by atoms with Crippen molar-refractivity contribution in [3.05, 3.63) is 41.7 Å². The van der Waals surface area contributed by atoms with Gasteiger partial charge in [0.15, 0.2) is 5.78 Å². The number of aromatic nitrogens is 1. The number of rotatable bonds is 3. The first kappa shape index (κ1) is 16.2. The number of carboxylic acid groups (broad SMARTS) is 1. The third-order valence-electron chi connectivity index (χ3n) is 2.31. The highest BCUT2D eigenvalue weighted by Gasteiger charge is 2.18. The summed E-state index contributed by atoms with van der Waals surface area (Å²) >= 11 is 0. The molecule has 2 rings (SSSR count). The van der Waals surface area contributed by atoms with Crippen molar-refractivity contribution in [2.45, 2.75) is 0 Å². The van der Waals surface area contributed by atoms with E-state index in [-0.39, 0.29) is 30.3 Å². The van der Waals surface area contributed by atoms with Crippen molar-refractivity contribution in [1.82, 2.24) is 10.3 Å². The summed E-state index contributed by atoms with van der Waals surface area (Å²) in [6.07, 6.45) is 4.02. The van der Waals surface area contributed by atoms with E-state index in [1.165, 1.54) is 18.3 Å². The molecule has 1 aromatic heterocycles. The number of pyridine rings is 1. The summed E-state index contributed by atoms with van der Waals surface area (Å²) in [6, 6.07) is 3.25. The summed E-state index contributed by atoms with van der Waals surface area (Å²) in [4.78, 5) is 46.1. The minimum atomic E-state index is -1.07. The van der Waals surface area contributed by atoms with E-state index in [0.29, 0.717) is 5.56 Å². The fraction of sp³-hybridized carbons (Fsp3) is 0.154. The zero-order valence-corrected chi connectivity index (χ0v) is 10.9. The molecule has 0 radical (unpaired) electrons. The normalized spacial score (nSPS) is 12.0. The van der Waals surface area contributed by atoms with Crippen molar-refractivity contribution in [3.63, 3.8) is 0 Å². The topological polar surface area (TPSA) is 139 Å². The molecule has 1 heterocycles. The van der Waals surface area contributed by atoms with Crippen LogP contribution in [0.15, 0.2) is 30.5 Å². The largest absolute Gasteiger partial charge is 0.480 e. The van der Waals surface area contributed by atoms with Crippen molar-refractivity contribution in [3.8, 4) is 0 Å². The van der Waals surface area contributed by atoms with Crippen LogP contribution in [0.1, 0.15) is 20.8 Å². The predicted octanol–water partition coefficient (Wildman–Crippen LogP) is -0.837. The molecule has 0 spiro atoms. The van der Waals surface area contributed by atoms with Gasteiger partial charge in [0.1, 0.15) is 12.2 Å². The predicted molar refractivity (Wildman–Crippen MR) is 71.7 cm³/mol. The SMILES string of the molecule is NCC(=O)NCC(=O)O.O=C1C=CC(=O)c2ncccc21. The number of aliphatic carboxylic acids is 1. The maximum absolute atomic E-state index is 11.2. The number of hydrogen-bond acceptors (Lipinski definition) is 6. The molecule has 1 aliphatic rings. The Morgan fingerprint density at radius 3 is 2.48 bits per heavy atom. The van der Waals surface area contributed by atoms with E-state index < -0.39 is 11.9 Å². The standard InChI is InChI=1S/C9H5NO2.C4H8N2O3/c11-7-3-4-8(12)9-6(7)2-1-5-10-9;5-1-3(7)6-2-4(8)9/h1-5H;1-2,5H2,(H,6,7)(H,8,9). The molecule has 0 saturated heterocycles. The minimum absolute atomic E-state index is 0.155. The summed E-state index contributed by atoms with van der Waals surface area (Å²) in [5.74, 6) is -1.89. The number of ketones is 2. The van der Waals surface area contributed by atoms with Crippen LogP contribution in [-0.2, 0) is 9.59 Å². The molecular formula is C13H13N3O5. The number of nitrogens with one attached hydrogen (secondary N) is 1. The number of fused-ring (bicyclic) bond motifs is 1. The minimum Gasteiger partial charge on any atom is -0.480 e. The second-order valence-electron chi connectivity index (χ2n) is 3.84. The molecule has 8 heteroatoms. The van der Waals surface area contributed by atoms with E-state index in [2.05, 4.69) is 10.3 Å². The molecule has 0 fully saturated rings. The number of nitrogens with zero attached hydrogens (tertiary/aromatic N) is 1. The molecule has 0 saturated carbocycles. The number of nitrogens with two attached hydrogens (primary N) is 1. The zero-order valence-electron chi connectivity index (χ0n) is 10.9. The molecule has 8 nitrogen and oxygen atoms in total. The van der Waals surface area contributed by atoms with Crippen LogP contribution in [0, 0.1) is 0 Å². The lowest BCUT2D eigenvalue weighted by molar-refractivity contribution is -0.137. The highest BCUT2D eigenvalue weighted by atomic mass is 16.4. The Balaban J connectivity index is 0.000000222. The van der Waals surface area contributed by atoms with Crippen molar-refractivity contribution in [1.29, 1.82) is 0 Å². The Hall–Kier alpha value is -2.87. The molecule has 110 valence electrons. The van der Waals surface area contributed by atoms with Crippen LogP contribution in [0.2, 0.25) is 0 Å². The average molecular weight is 291 g/mol. The Bertz CT molecular complexity index is 573. The maximum atomic E-state index is 11.2. The van der Waals surface area contributed by atoms with Crippen molar-refractivity contribution in [2.75, 3.05) is 13.1 Å². The third-order valence-corrected chi connectivity index (χ3v) is 2.31. The Morgan fingerprint density at radius 2 is 1.90 bits per heavy atom. The van der Waals surface area contributed by atoms with Gasteiger partial charge in [-0.3, -0.25) is 24.2 Å². The van der Waals surface area contributed by atoms with Gasteiger partial charge in [-0.2, -0.15) is 0 Å². The number of allylic oxidation sites excluding steroid dienone is 2. The van der Waals surface area contributed by atoms with Crippen LogP contribution in [0.3, 0.4) is 0 Å². The van der Waals surface area contributed by atoms with Crippen LogP contribution < -0.4 is 11.1 Å². The van der Waals surface area contributed by atoms with Gasteiger partial charge in [0.25, 0.3) is 0 Å². The monoisotopic (exact) mass is 291 g/mol. The van der Waals surface area contributed by atoms with Gasteiger partial charge >= 0.3 is 5.97 Å². The smallest absolute Gasteiger partial charge is 0.322 e. The number of hydrogen-bond donors (Lipinski definition) is 3. The lowest BCUT2D eigenvalue weighted by atomic mass is 10.0. The highest BCUT2D eigenvalue weighted by Crippen LogP contribution is 2.12. The molecule has 1 aliphatic carbocycles. The van der Waals surface area contributed by atoms with Gasteiger partial charge in [0, 0.05) is 6.20 Å². The van der Waals surface area contributed by atoms with E-state index in [1.54, 1.807) is 12.1 Å². The molecule has 4 N–H and O–H groups in total. The molecule has 0 unspecified atom stereocenters. The van der Waals surface area contributed by atoms with Crippen molar-refractivity contribution in [2.24, 2.45) is 5.73 Å². The first-order chi connectivity index (χ1) is 9.95. The second kappa shape index (κ2) is 7.65. The summed E-state index contributed by atoms with van der Waals surface area (Å²) in [7, 11) is 0. The quantitative estimate of drug-likeness (QED) is 0.659. The van der Waals surface area contributed by atoms with Gasteiger partial charge in [-0.1, -0.05) is 0 Å². The molecule has 21 heavy (non-hydrogen) atoms. The Morgan fingerprint density at radius 1 is 1.24 bits per heavy atom. The van der Waals surface area contributed by atoms with Crippen LogP contribution >= 0.6 is 0 Å². The molecule has 0 bridgehead atoms. The molecular weight excluding hydrogens is 278 g/mol. The van der Waals surface area contributed by atoms with Gasteiger partial charge in [0.2, 0.25) is 11.7 Å². The summed E-state index contributed by atoms with van der Waals surface area (Å²) in [5.41, 5.74) is 5.50. The van der Waals surface area contributed by atoms with Gasteiger partial charge in [0.05, 0.1) is 12.1 Å². The third kappa shape index (κ3) is 4.96. The van der Waals surface area contributed by atoms with Crippen molar-refractivity contribution >= 4 is 23.4 Å². The summed E-state index contributed by atoms with van der Waals surface area (Å²) in [6.45, 7) is -0.538. The average Bonchev–Trinajstić information content (AvgIpc) is 2.49. The molecule has 0 atom stereocenters. The molecule has 1 aromatic rings. The highest BCUT2D eigenvalue weighted by molar-refractivity contribution is 6.21. The fourth-order valence-electron chi connectivity index (χ4n) is 1.37. The van der Waals surface area contributed by atoms with E-state index in [0.717, 1.165) is 0 Å². The first-order valence-electron chi connectivity index (χ1n) is 5.86. The van der Waals surface area contributed by atoms with E-state index in [9.17, 15) is 19.2 Å². The number of carbonyl (C=O) groups is 4. The van der Waals surface area contributed by atoms with Crippen molar-refractivity contribution < 1.29 is 24.3 Å². The van der Waals surface area contributed by atoms with Gasteiger partial charge in [-0.05, 0) is 24.3 Å². The van der Waals surface area contributed by atoms with Crippen LogP contribution in [0.4, 0.5) is 0 Å². The summed E-state index contributed by atoms with van der Waals surface area (Å²) < 4.78 is 0. The van der Waals surface area contributed by atoms with Crippen LogP contribution in [0.5, 0.6) is 0 Å². The Kier molecular flexibility index (Phi) is 5.90. The molecule has 0 aromatic carbocycles. The Labute approximate surface area is 119 Å². The molecule has 0 aliphatic heterocycles. The van der Waals surface area contributed by atoms with Gasteiger partial charge in [-0.25, -0.2) is 0 Å². The van der Waals surface area contributed by atoms with E-state index in [4.69, 9.17) is 10.8 Å².